The molecule has 10 nitrogen and oxygen atoms in total. The van der Waals surface area contributed by atoms with Crippen molar-refractivity contribution in [2.75, 3.05) is 37.7 Å². The van der Waals surface area contributed by atoms with Gasteiger partial charge in [-0.2, -0.15) is 0 Å². The zero-order chi connectivity index (χ0) is 33.9. The molecule has 0 atom stereocenters. The van der Waals surface area contributed by atoms with E-state index in [1.165, 1.54) is 43.4 Å². The topological polar surface area (TPSA) is 128 Å². The van der Waals surface area contributed by atoms with Crippen LogP contribution in [0.15, 0.2) is 113 Å². The minimum Gasteiger partial charge on any atom is -0.497 e. The van der Waals surface area contributed by atoms with Crippen molar-refractivity contribution >= 4 is 57.7 Å². The van der Waals surface area contributed by atoms with Crippen LogP contribution in [0, 0.1) is 0 Å². The summed E-state index contributed by atoms with van der Waals surface area (Å²) in [4.78, 5) is 44.8. The highest BCUT2D eigenvalue weighted by molar-refractivity contribution is 8.00. The molecule has 3 amide bonds. The lowest BCUT2D eigenvalue weighted by molar-refractivity contribution is -0.114. The first-order valence-corrected chi connectivity index (χ1v) is 16.5. The van der Waals surface area contributed by atoms with Crippen LogP contribution in [0.3, 0.4) is 0 Å². The molecule has 0 radical (unpaired) electrons. The molecule has 5 aromatic rings. The van der Waals surface area contributed by atoms with Crippen LogP contribution in [0.25, 0.3) is 17.3 Å². The molecule has 12 heteroatoms. The molecule has 0 bridgehead atoms. The van der Waals surface area contributed by atoms with E-state index in [1.54, 1.807) is 73.8 Å². The number of rotatable bonds is 13. The van der Waals surface area contributed by atoms with Gasteiger partial charge in [-0.3, -0.25) is 14.4 Å². The van der Waals surface area contributed by atoms with Crippen LogP contribution in [0.4, 0.5) is 10.8 Å². The molecule has 5 rings (SSSR count). The van der Waals surface area contributed by atoms with Gasteiger partial charge < -0.3 is 30.2 Å². The van der Waals surface area contributed by atoms with Gasteiger partial charge in [-0.05, 0) is 66.7 Å². The van der Waals surface area contributed by atoms with Gasteiger partial charge in [0.1, 0.15) is 22.9 Å². The molecule has 0 saturated carbocycles. The molecule has 0 aliphatic heterocycles. The molecule has 0 unspecified atom stereocenters. The first-order chi connectivity index (χ1) is 23.4. The van der Waals surface area contributed by atoms with Gasteiger partial charge >= 0.3 is 0 Å². The summed E-state index contributed by atoms with van der Waals surface area (Å²) in [6.07, 6.45) is 1.53. The Bertz CT molecular complexity index is 1940. The van der Waals surface area contributed by atoms with Gasteiger partial charge in [-0.25, -0.2) is 4.98 Å². The summed E-state index contributed by atoms with van der Waals surface area (Å²) in [5, 5.41) is 10.8. The van der Waals surface area contributed by atoms with E-state index in [0.29, 0.717) is 44.9 Å². The number of nitrogens with one attached hydrogen (secondary N) is 3. The summed E-state index contributed by atoms with van der Waals surface area (Å²) in [6.45, 7) is 0. The van der Waals surface area contributed by atoms with Crippen LogP contribution >= 0.6 is 23.1 Å². The Morgan fingerprint density at radius 2 is 1.58 bits per heavy atom. The molecule has 0 spiro atoms. The highest BCUT2D eigenvalue weighted by atomic mass is 32.2. The van der Waals surface area contributed by atoms with E-state index in [-0.39, 0.29) is 17.4 Å². The van der Waals surface area contributed by atoms with E-state index in [9.17, 15) is 14.4 Å². The highest BCUT2D eigenvalue weighted by Gasteiger charge is 2.17. The molecule has 1 aromatic heterocycles. The fourth-order valence-electron chi connectivity index (χ4n) is 4.53. The number of ether oxygens (including phenoxy) is 3. The number of thiazole rings is 1. The molecule has 0 aliphatic rings. The fourth-order valence-corrected chi connectivity index (χ4v) is 6.01. The minimum absolute atomic E-state index is 0.0104. The number of anilines is 2. The first-order valence-electron chi connectivity index (χ1n) is 14.6. The van der Waals surface area contributed by atoms with Crippen LogP contribution in [0.2, 0.25) is 0 Å². The van der Waals surface area contributed by atoms with Gasteiger partial charge in [0, 0.05) is 32.7 Å². The normalized spacial score (nSPS) is 10.9. The quantitative estimate of drug-likeness (QED) is 0.0899. The van der Waals surface area contributed by atoms with Gasteiger partial charge in [0.05, 0.1) is 32.8 Å². The predicted molar refractivity (Wildman–Crippen MR) is 190 cm³/mol. The van der Waals surface area contributed by atoms with Gasteiger partial charge in [0.25, 0.3) is 11.8 Å². The molecule has 0 saturated heterocycles. The van der Waals surface area contributed by atoms with Crippen LogP contribution in [0.1, 0.15) is 15.9 Å². The molecule has 0 fully saturated rings. The number of aromatic nitrogens is 1. The Morgan fingerprint density at radius 3 is 2.35 bits per heavy atom. The van der Waals surface area contributed by atoms with Gasteiger partial charge in [0.2, 0.25) is 5.91 Å². The number of para-hydroxylation sites is 1. The molecular formula is C36H32N4O6S2. The number of carbonyl (C=O) groups excluding carboxylic acids is 3. The van der Waals surface area contributed by atoms with Crippen molar-refractivity contribution < 1.29 is 28.6 Å². The molecule has 1 heterocycles. The standard InChI is InChI=1S/C36H32N4O6S2/c1-44-26-16-17-31(45-2)24(18-26)19-29(38-34(42)23-10-5-4-6-11-23)35(43)37-25-12-9-13-27(20-25)47-22-33(41)40-36-39-30(21-48-36)28-14-7-8-15-32(28)46-3/h4-21H,22H2,1-3H3,(H,37,43)(H,38,42)(H,39,40,41)/b29-19+. The Labute approximate surface area is 286 Å². The maximum Gasteiger partial charge on any atom is 0.272 e. The van der Waals surface area contributed by atoms with Crippen molar-refractivity contribution in [3.05, 3.63) is 119 Å². The van der Waals surface area contributed by atoms with E-state index in [1.807, 2.05) is 35.7 Å². The molecular weight excluding hydrogens is 649 g/mol. The largest absolute Gasteiger partial charge is 0.497 e. The first kappa shape index (κ1) is 33.8. The summed E-state index contributed by atoms with van der Waals surface area (Å²) in [5.41, 5.74) is 2.93. The third-order valence-electron chi connectivity index (χ3n) is 6.86. The van der Waals surface area contributed by atoms with Crippen LogP contribution in [0.5, 0.6) is 17.2 Å². The molecule has 244 valence electrons. The van der Waals surface area contributed by atoms with Gasteiger partial charge in [-0.15, -0.1) is 23.1 Å². The number of benzene rings is 4. The SMILES string of the molecule is COc1ccc(OC)c(/C=C(/NC(=O)c2ccccc2)C(=O)Nc2cccc(SCC(=O)Nc3nc(-c4ccccc4OC)cs3)c2)c1. The van der Waals surface area contributed by atoms with Crippen LogP contribution in [-0.4, -0.2) is 49.8 Å². The van der Waals surface area contributed by atoms with Crippen molar-refractivity contribution in [2.24, 2.45) is 0 Å². The lowest BCUT2D eigenvalue weighted by Crippen LogP contribution is -2.30. The van der Waals surface area contributed by atoms with Crippen LogP contribution < -0.4 is 30.2 Å². The van der Waals surface area contributed by atoms with Crippen molar-refractivity contribution in [2.45, 2.75) is 4.90 Å². The summed E-state index contributed by atoms with van der Waals surface area (Å²) in [5.74, 6) is 0.621. The Balaban J connectivity index is 1.27. The van der Waals surface area contributed by atoms with E-state index in [4.69, 9.17) is 14.2 Å². The maximum atomic E-state index is 13.6. The van der Waals surface area contributed by atoms with E-state index in [2.05, 4.69) is 20.9 Å². The summed E-state index contributed by atoms with van der Waals surface area (Å²) in [7, 11) is 4.65. The predicted octanol–water partition coefficient (Wildman–Crippen LogP) is 6.98. The monoisotopic (exact) mass is 680 g/mol. The summed E-state index contributed by atoms with van der Waals surface area (Å²) >= 11 is 2.63. The second-order valence-electron chi connectivity index (χ2n) is 10.0. The summed E-state index contributed by atoms with van der Waals surface area (Å²) < 4.78 is 16.2. The third-order valence-corrected chi connectivity index (χ3v) is 8.61. The molecule has 3 N–H and O–H groups in total. The van der Waals surface area contributed by atoms with Crippen LogP contribution in [-0.2, 0) is 9.59 Å². The third kappa shape index (κ3) is 8.81. The Kier molecular flexibility index (Phi) is 11.5. The van der Waals surface area contributed by atoms with E-state index in [0.717, 1.165) is 10.5 Å². The maximum absolute atomic E-state index is 13.6. The Morgan fingerprint density at radius 1 is 0.812 bits per heavy atom. The average Bonchev–Trinajstić information content (AvgIpc) is 3.58. The number of amides is 3. The zero-order valence-corrected chi connectivity index (χ0v) is 27.9. The number of hydrogen-bond donors (Lipinski definition) is 3. The smallest absolute Gasteiger partial charge is 0.272 e. The lowest BCUT2D eigenvalue weighted by Gasteiger charge is -2.13. The fraction of sp³-hybridized carbons (Fsp3) is 0.111. The average molecular weight is 681 g/mol. The van der Waals surface area contributed by atoms with Crippen molar-refractivity contribution in [1.82, 2.24) is 10.3 Å². The summed E-state index contributed by atoms with van der Waals surface area (Å²) in [6, 6.07) is 28.4. The zero-order valence-electron chi connectivity index (χ0n) is 26.3. The van der Waals surface area contributed by atoms with Gasteiger partial charge in [-0.1, -0.05) is 36.4 Å². The second-order valence-corrected chi connectivity index (χ2v) is 11.9. The van der Waals surface area contributed by atoms with Crippen molar-refractivity contribution in [3.8, 4) is 28.5 Å². The van der Waals surface area contributed by atoms with E-state index < -0.39 is 11.8 Å². The number of hydrogen-bond acceptors (Lipinski definition) is 9. The lowest BCUT2D eigenvalue weighted by atomic mass is 10.1. The highest BCUT2D eigenvalue weighted by Crippen LogP contribution is 2.32. The number of carbonyl (C=O) groups is 3. The van der Waals surface area contributed by atoms with E-state index >= 15 is 0 Å². The van der Waals surface area contributed by atoms with Gasteiger partial charge in [0.15, 0.2) is 5.13 Å². The van der Waals surface area contributed by atoms with Crippen molar-refractivity contribution in [1.29, 1.82) is 0 Å². The second kappa shape index (κ2) is 16.3. The number of thioether (sulfide) groups is 1. The molecule has 48 heavy (non-hydrogen) atoms. The molecule has 4 aromatic carbocycles. The number of methoxy groups -OCH3 is 3. The van der Waals surface area contributed by atoms with Crippen molar-refractivity contribution in [3.63, 3.8) is 0 Å². The minimum atomic E-state index is -0.557. The number of nitrogens with zero attached hydrogens (tertiary/aromatic N) is 1. The molecule has 0 aliphatic carbocycles. The Hall–Kier alpha value is -5.59.